The highest BCUT2D eigenvalue weighted by molar-refractivity contribution is 9.10. The van der Waals surface area contributed by atoms with Gasteiger partial charge in [-0.2, -0.15) is 5.26 Å². The van der Waals surface area contributed by atoms with Gasteiger partial charge in [0.2, 0.25) is 0 Å². The van der Waals surface area contributed by atoms with E-state index < -0.39 is 9.84 Å². The van der Waals surface area contributed by atoms with E-state index >= 15 is 0 Å². The molecule has 4 nitrogen and oxygen atoms in total. The fraction of sp³-hybridized carbons (Fsp3) is 0.143. The minimum atomic E-state index is -3.33. The molecule has 0 unspecified atom stereocenters. The lowest BCUT2D eigenvalue weighted by molar-refractivity contribution is 0.596. The third-order valence-corrected chi connectivity index (χ3v) is 5.51. The van der Waals surface area contributed by atoms with Gasteiger partial charge in [0, 0.05) is 11.8 Å². The van der Waals surface area contributed by atoms with Crippen LogP contribution in [0.15, 0.2) is 46.0 Å². The highest BCUT2D eigenvalue weighted by atomic mass is 79.9. The van der Waals surface area contributed by atoms with E-state index in [4.69, 9.17) is 5.26 Å². The van der Waals surface area contributed by atoms with Gasteiger partial charge in [-0.1, -0.05) is 19.1 Å². The number of rotatable bonds is 3. The van der Waals surface area contributed by atoms with Gasteiger partial charge >= 0.3 is 0 Å². The summed E-state index contributed by atoms with van der Waals surface area (Å²) in [6.07, 6.45) is 1.60. The van der Waals surface area contributed by atoms with Crippen molar-refractivity contribution in [1.29, 1.82) is 5.26 Å². The van der Waals surface area contributed by atoms with Crippen LogP contribution in [0.5, 0.6) is 0 Å². The van der Waals surface area contributed by atoms with Crippen molar-refractivity contribution in [2.45, 2.75) is 11.8 Å². The Hall–Kier alpha value is -1.71. The largest absolute Gasteiger partial charge is 0.247 e. The van der Waals surface area contributed by atoms with E-state index in [1.165, 1.54) is 0 Å². The number of halogens is 1. The summed E-state index contributed by atoms with van der Waals surface area (Å²) in [5.74, 6) is 0.0180. The number of benzene rings is 1. The maximum atomic E-state index is 12.0. The predicted molar refractivity (Wildman–Crippen MR) is 79.8 cm³/mol. The maximum Gasteiger partial charge on any atom is 0.180 e. The molecule has 0 aliphatic rings. The number of nitriles is 1. The number of pyridine rings is 1. The molecular formula is C14H11BrN2O2S. The van der Waals surface area contributed by atoms with Crippen LogP contribution in [-0.4, -0.2) is 19.2 Å². The highest BCUT2D eigenvalue weighted by Gasteiger charge is 2.17. The monoisotopic (exact) mass is 350 g/mol. The zero-order chi connectivity index (χ0) is 14.8. The lowest BCUT2D eigenvalue weighted by Crippen LogP contribution is -2.05. The van der Waals surface area contributed by atoms with Gasteiger partial charge in [-0.3, -0.25) is 0 Å². The van der Waals surface area contributed by atoms with Crippen molar-refractivity contribution >= 4 is 25.8 Å². The van der Waals surface area contributed by atoms with Crippen LogP contribution in [0.25, 0.3) is 11.1 Å². The minimum Gasteiger partial charge on any atom is -0.247 e. The predicted octanol–water partition coefficient (Wildman–Crippen LogP) is 3.18. The SMILES string of the molecule is CCS(=O)(=O)c1cc(-c2ccc(C#N)cc2)cnc1Br. The molecule has 2 rings (SSSR count). The Morgan fingerprint density at radius 3 is 2.45 bits per heavy atom. The summed E-state index contributed by atoms with van der Waals surface area (Å²) in [4.78, 5) is 4.27. The fourth-order valence-corrected chi connectivity index (χ4v) is 3.58. The third kappa shape index (κ3) is 2.89. The second-order valence-corrected chi connectivity index (χ2v) is 7.10. The maximum absolute atomic E-state index is 12.0. The second kappa shape index (κ2) is 5.73. The molecule has 6 heteroatoms. The molecule has 1 aromatic heterocycles. The Kier molecular flexibility index (Phi) is 4.21. The molecule has 0 atom stereocenters. The number of sulfone groups is 1. The molecule has 1 aromatic carbocycles. The molecule has 0 N–H and O–H groups in total. The number of aromatic nitrogens is 1. The summed E-state index contributed by atoms with van der Waals surface area (Å²) in [7, 11) is -3.33. The molecular weight excluding hydrogens is 340 g/mol. The van der Waals surface area contributed by atoms with Gasteiger partial charge in [0.25, 0.3) is 0 Å². The Morgan fingerprint density at radius 2 is 1.90 bits per heavy atom. The highest BCUT2D eigenvalue weighted by Crippen LogP contribution is 2.27. The Morgan fingerprint density at radius 1 is 1.25 bits per heavy atom. The van der Waals surface area contributed by atoms with Gasteiger partial charge in [-0.15, -0.1) is 0 Å². The molecule has 0 spiro atoms. The van der Waals surface area contributed by atoms with Gasteiger partial charge in [0.15, 0.2) is 9.84 Å². The summed E-state index contributed by atoms with van der Waals surface area (Å²) >= 11 is 3.17. The summed E-state index contributed by atoms with van der Waals surface area (Å²) in [6.45, 7) is 1.59. The van der Waals surface area contributed by atoms with Crippen LogP contribution >= 0.6 is 15.9 Å². The average molecular weight is 351 g/mol. The van der Waals surface area contributed by atoms with Crippen LogP contribution in [-0.2, 0) is 9.84 Å². The Bertz CT molecular complexity index is 778. The van der Waals surface area contributed by atoms with Crippen molar-refractivity contribution < 1.29 is 8.42 Å². The average Bonchev–Trinajstić information content (AvgIpc) is 2.47. The molecule has 0 amide bonds. The fourth-order valence-electron chi connectivity index (χ4n) is 1.70. The summed E-state index contributed by atoms with van der Waals surface area (Å²) in [5.41, 5.74) is 2.07. The number of hydrogen-bond acceptors (Lipinski definition) is 4. The molecule has 0 saturated heterocycles. The van der Waals surface area contributed by atoms with Crippen LogP contribution in [0.1, 0.15) is 12.5 Å². The lowest BCUT2D eigenvalue weighted by Gasteiger charge is -2.07. The molecule has 0 aliphatic heterocycles. The zero-order valence-corrected chi connectivity index (χ0v) is 13.1. The number of hydrogen-bond donors (Lipinski definition) is 0. The lowest BCUT2D eigenvalue weighted by atomic mass is 10.1. The van der Waals surface area contributed by atoms with Crippen LogP contribution < -0.4 is 0 Å². The molecule has 0 fully saturated rings. The topological polar surface area (TPSA) is 70.8 Å². The molecule has 0 bridgehead atoms. The molecule has 0 radical (unpaired) electrons. The van der Waals surface area contributed by atoms with E-state index in [9.17, 15) is 8.42 Å². The normalized spacial score (nSPS) is 11.1. The second-order valence-electron chi connectivity index (χ2n) is 4.11. The van der Waals surface area contributed by atoms with Crippen LogP contribution in [0.2, 0.25) is 0 Å². The zero-order valence-electron chi connectivity index (χ0n) is 10.7. The van der Waals surface area contributed by atoms with Gasteiger partial charge in [-0.25, -0.2) is 13.4 Å². The first-order valence-corrected chi connectivity index (χ1v) is 8.31. The van der Waals surface area contributed by atoms with E-state index in [2.05, 4.69) is 20.9 Å². The first kappa shape index (κ1) is 14.7. The van der Waals surface area contributed by atoms with Crippen molar-refractivity contribution in [3.05, 3.63) is 46.7 Å². The van der Waals surface area contributed by atoms with Crippen molar-refractivity contribution in [3.63, 3.8) is 0 Å². The van der Waals surface area contributed by atoms with Crippen LogP contribution in [0.4, 0.5) is 0 Å². The Labute approximate surface area is 126 Å². The first-order valence-electron chi connectivity index (χ1n) is 5.87. The molecule has 1 heterocycles. The quantitative estimate of drug-likeness (QED) is 0.797. The van der Waals surface area contributed by atoms with E-state index in [1.54, 1.807) is 43.5 Å². The van der Waals surface area contributed by atoms with Crippen LogP contribution in [0.3, 0.4) is 0 Å². The van der Waals surface area contributed by atoms with E-state index in [0.717, 1.165) is 5.56 Å². The smallest absolute Gasteiger partial charge is 0.180 e. The molecule has 0 aliphatic carbocycles. The van der Waals surface area contributed by atoms with Gasteiger partial charge < -0.3 is 0 Å². The summed E-state index contributed by atoms with van der Waals surface area (Å²) < 4.78 is 24.3. The molecule has 0 saturated carbocycles. The van der Waals surface area contributed by atoms with Gasteiger partial charge in [-0.05, 0) is 39.7 Å². The molecule has 20 heavy (non-hydrogen) atoms. The van der Waals surface area contributed by atoms with Gasteiger partial charge in [0.1, 0.15) is 9.50 Å². The summed E-state index contributed by atoms with van der Waals surface area (Å²) in [5, 5.41) is 8.77. The molecule has 102 valence electrons. The third-order valence-electron chi connectivity index (χ3n) is 2.87. The van der Waals surface area contributed by atoms with Crippen molar-refractivity contribution in [2.24, 2.45) is 0 Å². The van der Waals surface area contributed by atoms with E-state index in [0.29, 0.717) is 15.7 Å². The Balaban J connectivity index is 2.54. The summed E-state index contributed by atoms with van der Waals surface area (Å²) in [6, 6.07) is 10.5. The van der Waals surface area contributed by atoms with Crippen molar-refractivity contribution in [1.82, 2.24) is 4.98 Å². The standard InChI is InChI=1S/C14H11BrN2O2S/c1-2-20(18,19)13-7-12(9-17-14(13)15)11-5-3-10(8-16)4-6-11/h3-7,9H,2H2,1H3. The number of nitrogens with zero attached hydrogens (tertiary/aromatic N) is 2. The van der Waals surface area contributed by atoms with Crippen molar-refractivity contribution in [3.8, 4) is 17.2 Å². The van der Waals surface area contributed by atoms with Gasteiger partial charge in [0.05, 0.1) is 17.4 Å². The van der Waals surface area contributed by atoms with E-state index in [1.807, 2.05) is 6.07 Å². The van der Waals surface area contributed by atoms with E-state index in [-0.39, 0.29) is 10.6 Å². The minimum absolute atomic E-state index is 0.0180. The van der Waals surface area contributed by atoms with Crippen LogP contribution in [0, 0.1) is 11.3 Å². The van der Waals surface area contributed by atoms with Crippen molar-refractivity contribution in [2.75, 3.05) is 5.75 Å². The molecule has 2 aromatic rings. The first-order chi connectivity index (χ1) is 9.47.